The molecular formula is C24H24N2O5S. The molecule has 8 heteroatoms. The SMILES string of the molecule is C/C=C/c1ccc(OCC(=O)OCC(=O)Nc2cccc(-c3csc(C)n3)c2)c(OC)c1. The van der Waals surface area contributed by atoms with Crippen LogP contribution in [0.1, 0.15) is 17.5 Å². The van der Waals surface area contributed by atoms with E-state index >= 15 is 0 Å². The zero-order valence-corrected chi connectivity index (χ0v) is 18.9. The van der Waals surface area contributed by atoms with Crippen LogP contribution in [-0.4, -0.2) is 37.2 Å². The fourth-order valence-corrected chi connectivity index (χ4v) is 3.50. The average molecular weight is 453 g/mol. The van der Waals surface area contributed by atoms with Crippen LogP contribution in [0, 0.1) is 6.92 Å². The van der Waals surface area contributed by atoms with Crippen molar-refractivity contribution in [1.82, 2.24) is 4.98 Å². The summed E-state index contributed by atoms with van der Waals surface area (Å²) in [6.45, 7) is 3.10. The van der Waals surface area contributed by atoms with E-state index in [1.54, 1.807) is 29.5 Å². The summed E-state index contributed by atoms with van der Waals surface area (Å²) in [5.74, 6) is -0.192. The lowest BCUT2D eigenvalue weighted by Crippen LogP contribution is -2.23. The van der Waals surface area contributed by atoms with Gasteiger partial charge in [0.05, 0.1) is 17.8 Å². The monoisotopic (exact) mass is 452 g/mol. The highest BCUT2D eigenvalue weighted by molar-refractivity contribution is 7.09. The number of benzene rings is 2. The van der Waals surface area contributed by atoms with Gasteiger partial charge in [0.15, 0.2) is 24.7 Å². The summed E-state index contributed by atoms with van der Waals surface area (Å²) in [6, 6.07) is 12.7. The zero-order valence-electron chi connectivity index (χ0n) is 18.1. The summed E-state index contributed by atoms with van der Waals surface area (Å²) in [5.41, 5.74) is 3.29. The minimum atomic E-state index is -0.661. The minimum absolute atomic E-state index is 0.342. The molecule has 0 fully saturated rings. The van der Waals surface area contributed by atoms with Crippen molar-refractivity contribution in [3.8, 4) is 22.8 Å². The number of thiazole rings is 1. The molecule has 166 valence electrons. The normalized spacial score (nSPS) is 10.7. The Morgan fingerprint density at radius 2 is 1.97 bits per heavy atom. The summed E-state index contributed by atoms with van der Waals surface area (Å²) >= 11 is 1.56. The van der Waals surface area contributed by atoms with Crippen molar-refractivity contribution in [2.75, 3.05) is 25.6 Å². The molecule has 0 saturated carbocycles. The number of hydrogen-bond donors (Lipinski definition) is 1. The molecule has 2 aromatic carbocycles. The van der Waals surface area contributed by atoms with E-state index < -0.39 is 18.5 Å². The van der Waals surface area contributed by atoms with Crippen LogP contribution < -0.4 is 14.8 Å². The van der Waals surface area contributed by atoms with Crippen LogP contribution >= 0.6 is 11.3 Å². The van der Waals surface area contributed by atoms with Gasteiger partial charge in [-0.2, -0.15) is 0 Å². The van der Waals surface area contributed by atoms with Gasteiger partial charge in [0.1, 0.15) is 0 Å². The van der Waals surface area contributed by atoms with Crippen LogP contribution in [0.5, 0.6) is 11.5 Å². The number of nitrogens with one attached hydrogen (secondary N) is 1. The van der Waals surface area contributed by atoms with Gasteiger partial charge in [-0.1, -0.05) is 30.4 Å². The highest BCUT2D eigenvalue weighted by atomic mass is 32.1. The molecule has 3 aromatic rings. The number of amides is 1. The van der Waals surface area contributed by atoms with Gasteiger partial charge in [0.2, 0.25) is 0 Å². The van der Waals surface area contributed by atoms with Crippen LogP contribution in [-0.2, 0) is 14.3 Å². The molecule has 1 amide bonds. The fourth-order valence-electron chi connectivity index (χ4n) is 2.87. The Morgan fingerprint density at radius 3 is 2.69 bits per heavy atom. The van der Waals surface area contributed by atoms with Crippen molar-refractivity contribution in [3.05, 3.63) is 64.5 Å². The molecule has 0 bridgehead atoms. The number of allylic oxidation sites excluding steroid dienone is 1. The van der Waals surface area contributed by atoms with Crippen molar-refractivity contribution in [1.29, 1.82) is 0 Å². The first-order chi connectivity index (χ1) is 15.5. The lowest BCUT2D eigenvalue weighted by atomic mass is 10.1. The fraction of sp³-hybridized carbons (Fsp3) is 0.208. The van der Waals surface area contributed by atoms with Crippen molar-refractivity contribution in [2.24, 2.45) is 0 Å². The lowest BCUT2D eigenvalue weighted by molar-refractivity contribution is -0.149. The Hall–Kier alpha value is -3.65. The summed E-state index contributed by atoms with van der Waals surface area (Å²) in [5, 5.41) is 5.64. The summed E-state index contributed by atoms with van der Waals surface area (Å²) in [7, 11) is 1.52. The van der Waals surface area contributed by atoms with Gasteiger partial charge in [-0.25, -0.2) is 9.78 Å². The second-order valence-corrected chi connectivity index (χ2v) is 7.80. The van der Waals surface area contributed by atoms with Gasteiger partial charge in [-0.05, 0) is 43.7 Å². The van der Waals surface area contributed by atoms with E-state index in [0.717, 1.165) is 21.8 Å². The molecule has 0 saturated heterocycles. The second kappa shape index (κ2) is 11.1. The van der Waals surface area contributed by atoms with E-state index in [2.05, 4.69) is 10.3 Å². The van der Waals surface area contributed by atoms with Crippen molar-refractivity contribution in [3.63, 3.8) is 0 Å². The van der Waals surface area contributed by atoms with Gasteiger partial charge in [0.25, 0.3) is 5.91 Å². The Morgan fingerprint density at radius 1 is 1.12 bits per heavy atom. The number of aromatic nitrogens is 1. The molecule has 3 rings (SSSR count). The van der Waals surface area contributed by atoms with E-state index in [9.17, 15) is 9.59 Å². The van der Waals surface area contributed by atoms with E-state index in [1.807, 2.05) is 55.6 Å². The summed E-state index contributed by atoms with van der Waals surface area (Å²) in [6.07, 6.45) is 3.83. The number of aryl methyl sites for hydroxylation is 1. The molecule has 7 nitrogen and oxygen atoms in total. The second-order valence-electron chi connectivity index (χ2n) is 6.74. The largest absolute Gasteiger partial charge is 0.493 e. The maximum atomic E-state index is 12.2. The van der Waals surface area contributed by atoms with Crippen LogP contribution in [0.25, 0.3) is 17.3 Å². The van der Waals surface area contributed by atoms with Gasteiger partial charge in [-0.3, -0.25) is 4.79 Å². The number of nitrogens with zero attached hydrogens (tertiary/aromatic N) is 1. The minimum Gasteiger partial charge on any atom is -0.493 e. The maximum Gasteiger partial charge on any atom is 0.344 e. The highest BCUT2D eigenvalue weighted by Crippen LogP contribution is 2.28. The maximum absolute atomic E-state index is 12.2. The highest BCUT2D eigenvalue weighted by Gasteiger charge is 2.12. The van der Waals surface area contributed by atoms with Crippen LogP contribution in [0.15, 0.2) is 53.9 Å². The number of carbonyl (C=O) groups excluding carboxylic acids is 2. The van der Waals surface area contributed by atoms with Crippen LogP contribution in [0.4, 0.5) is 5.69 Å². The quantitative estimate of drug-likeness (QED) is 0.473. The van der Waals surface area contributed by atoms with Crippen molar-refractivity contribution < 1.29 is 23.8 Å². The molecule has 0 unspecified atom stereocenters. The predicted octanol–water partition coefficient (Wildman–Crippen LogP) is 4.72. The number of ether oxygens (including phenoxy) is 3. The molecule has 32 heavy (non-hydrogen) atoms. The molecule has 0 spiro atoms. The van der Waals surface area contributed by atoms with E-state index in [0.29, 0.717) is 17.2 Å². The Labute approximate surface area is 190 Å². The Bertz CT molecular complexity index is 1120. The number of rotatable bonds is 9. The third-order valence-corrected chi connectivity index (χ3v) is 5.09. The van der Waals surface area contributed by atoms with Crippen LogP contribution in [0.2, 0.25) is 0 Å². The Kier molecular flexibility index (Phi) is 7.99. The third-order valence-electron chi connectivity index (χ3n) is 4.32. The first-order valence-electron chi connectivity index (χ1n) is 9.90. The molecule has 1 heterocycles. The van der Waals surface area contributed by atoms with Gasteiger partial charge >= 0.3 is 5.97 Å². The number of hydrogen-bond acceptors (Lipinski definition) is 7. The van der Waals surface area contributed by atoms with Gasteiger partial charge in [0, 0.05) is 16.6 Å². The van der Waals surface area contributed by atoms with Gasteiger partial charge < -0.3 is 19.5 Å². The summed E-state index contributed by atoms with van der Waals surface area (Å²) in [4.78, 5) is 28.6. The molecule has 0 atom stereocenters. The predicted molar refractivity (Wildman–Crippen MR) is 125 cm³/mol. The molecular weight excluding hydrogens is 428 g/mol. The molecule has 1 N–H and O–H groups in total. The molecule has 0 aliphatic carbocycles. The molecule has 0 radical (unpaired) electrons. The van der Waals surface area contributed by atoms with E-state index in [-0.39, 0.29) is 6.61 Å². The number of carbonyl (C=O) groups is 2. The molecule has 1 aromatic heterocycles. The lowest BCUT2D eigenvalue weighted by Gasteiger charge is -2.11. The first-order valence-corrected chi connectivity index (χ1v) is 10.8. The smallest absolute Gasteiger partial charge is 0.344 e. The average Bonchev–Trinajstić information content (AvgIpc) is 3.23. The number of methoxy groups -OCH3 is 1. The van der Waals surface area contributed by atoms with Gasteiger partial charge in [-0.15, -0.1) is 11.3 Å². The Balaban J connectivity index is 1.49. The van der Waals surface area contributed by atoms with E-state index in [1.165, 1.54) is 7.11 Å². The topological polar surface area (TPSA) is 86.8 Å². The first kappa shape index (κ1) is 23.0. The standard InChI is InChI=1S/C24H24N2O5S/c1-4-6-17-9-10-21(22(11-17)29-3)30-14-24(28)31-13-23(27)26-19-8-5-7-18(12-19)20-15-32-16(2)25-20/h4-12,15H,13-14H2,1-3H3,(H,26,27)/b6-4+. The summed E-state index contributed by atoms with van der Waals surface area (Å²) < 4.78 is 15.8. The van der Waals surface area contributed by atoms with Crippen LogP contribution in [0.3, 0.4) is 0 Å². The molecule has 0 aliphatic heterocycles. The zero-order chi connectivity index (χ0) is 22.9. The van der Waals surface area contributed by atoms with Crippen molar-refractivity contribution in [2.45, 2.75) is 13.8 Å². The number of esters is 1. The van der Waals surface area contributed by atoms with E-state index in [4.69, 9.17) is 14.2 Å². The number of anilines is 1. The van der Waals surface area contributed by atoms with Crippen molar-refractivity contribution >= 4 is 35.0 Å². The third kappa shape index (κ3) is 6.42. The molecule has 0 aliphatic rings.